The number of carboxylic acids is 1. The van der Waals surface area contributed by atoms with E-state index in [2.05, 4.69) is 4.98 Å². The Labute approximate surface area is 102 Å². The maximum atomic E-state index is 11.0. The second-order valence-electron chi connectivity index (χ2n) is 3.65. The van der Waals surface area contributed by atoms with Crippen LogP contribution in [0.4, 0.5) is 0 Å². The molecule has 0 saturated heterocycles. The summed E-state index contributed by atoms with van der Waals surface area (Å²) in [6.07, 6.45) is 0.357. The van der Waals surface area contributed by atoms with Gasteiger partial charge in [-0.05, 0) is 12.1 Å². The standard InChI is InChI=1S/C12H11NO5/c1-17-8-3-2-4-9-10(8)13-11(18-9)7(5-6-14)12(15)16/h2-4,6-7H,5H2,1H3,(H,15,16). The molecule has 94 valence electrons. The predicted molar refractivity (Wildman–Crippen MR) is 61.6 cm³/mol. The van der Waals surface area contributed by atoms with Gasteiger partial charge in [0.15, 0.2) is 11.1 Å². The van der Waals surface area contributed by atoms with Crippen molar-refractivity contribution in [2.75, 3.05) is 7.11 Å². The quantitative estimate of drug-likeness (QED) is 0.809. The highest BCUT2D eigenvalue weighted by Gasteiger charge is 2.25. The van der Waals surface area contributed by atoms with E-state index in [1.807, 2.05) is 0 Å². The summed E-state index contributed by atoms with van der Waals surface area (Å²) in [4.78, 5) is 25.6. The number of carbonyl (C=O) groups excluding carboxylic acids is 1. The zero-order valence-corrected chi connectivity index (χ0v) is 9.62. The van der Waals surface area contributed by atoms with E-state index in [0.29, 0.717) is 23.1 Å². The van der Waals surface area contributed by atoms with Crippen LogP contribution in [0, 0.1) is 0 Å². The summed E-state index contributed by atoms with van der Waals surface area (Å²) in [6, 6.07) is 5.07. The first-order valence-electron chi connectivity index (χ1n) is 5.27. The van der Waals surface area contributed by atoms with Gasteiger partial charge in [-0.3, -0.25) is 4.79 Å². The van der Waals surface area contributed by atoms with Gasteiger partial charge < -0.3 is 19.1 Å². The Kier molecular flexibility index (Phi) is 3.27. The molecule has 2 aromatic rings. The molecule has 1 N–H and O–H groups in total. The van der Waals surface area contributed by atoms with Gasteiger partial charge in [-0.1, -0.05) is 6.07 Å². The average molecular weight is 249 g/mol. The van der Waals surface area contributed by atoms with Gasteiger partial charge >= 0.3 is 5.97 Å². The largest absolute Gasteiger partial charge is 0.494 e. The van der Waals surface area contributed by atoms with Gasteiger partial charge in [-0.15, -0.1) is 0 Å². The number of para-hydroxylation sites is 1. The Balaban J connectivity index is 2.51. The molecular formula is C12H11NO5. The molecular weight excluding hydrogens is 238 g/mol. The summed E-state index contributed by atoms with van der Waals surface area (Å²) in [5.74, 6) is -1.71. The molecule has 6 nitrogen and oxygen atoms in total. The lowest BCUT2D eigenvalue weighted by Gasteiger charge is -2.02. The number of oxazole rings is 1. The normalized spacial score (nSPS) is 12.3. The van der Waals surface area contributed by atoms with E-state index in [1.165, 1.54) is 7.11 Å². The second kappa shape index (κ2) is 4.87. The van der Waals surface area contributed by atoms with Crippen molar-refractivity contribution < 1.29 is 23.8 Å². The highest BCUT2D eigenvalue weighted by molar-refractivity contribution is 5.82. The Hall–Kier alpha value is -2.37. The maximum absolute atomic E-state index is 11.0. The number of methoxy groups -OCH3 is 1. The summed E-state index contributed by atoms with van der Waals surface area (Å²) in [5, 5.41) is 9.02. The van der Waals surface area contributed by atoms with Crippen molar-refractivity contribution in [2.45, 2.75) is 12.3 Å². The van der Waals surface area contributed by atoms with Crippen LogP contribution in [0.15, 0.2) is 22.6 Å². The number of aliphatic carboxylic acids is 1. The second-order valence-corrected chi connectivity index (χ2v) is 3.65. The molecule has 0 amide bonds. The average Bonchev–Trinajstić information content (AvgIpc) is 2.78. The zero-order chi connectivity index (χ0) is 13.1. The number of hydrogen-bond donors (Lipinski definition) is 1. The third-order valence-corrected chi connectivity index (χ3v) is 2.55. The molecule has 0 saturated carbocycles. The van der Waals surface area contributed by atoms with Gasteiger partial charge in [0.25, 0.3) is 0 Å². The molecule has 0 aliphatic carbocycles. The minimum absolute atomic E-state index is 0.00843. The minimum atomic E-state index is -1.15. The number of nitrogens with zero attached hydrogens (tertiary/aromatic N) is 1. The van der Waals surface area contributed by atoms with E-state index in [9.17, 15) is 9.59 Å². The summed E-state index contributed by atoms with van der Waals surface area (Å²) in [7, 11) is 1.49. The van der Waals surface area contributed by atoms with Gasteiger partial charge in [0, 0.05) is 6.42 Å². The smallest absolute Gasteiger partial charge is 0.316 e. The highest BCUT2D eigenvalue weighted by Crippen LogP contribution is 2.29. The number of aldehydes is 1. The molecule has 0 aliphatic heterocycles. The van der Waals surface area contributed by atoms with Gasteiger partial charge in [0.1, 0.15) is 18.0 Å². The summed E-state index contributed by atoms with van der Waals surface area (Å²) in [5.41, 5.74) is 0.883. The van der Waals surface area contributed by atoms with Crippen LogP contribution in [0.2, 0.25) is 0 Å². The molecule has 1 aromatic carbocycles. The van der Waals surface area contributed by atoms with E-state index in [4.69, 9.17) is 14.3 Å². The maximum Gasteiger partial charge on any atom is 0.316 e. The first kappa shape index (κ1) is 12.1. The SMILES string of the molecule is COc1cccc2oc(C(CC=O)C(=O)O)nc12. The fraction of sp³-hybridized carbons (Fsp3) is 0.250. The molecule has 0 aliphatic rings. The number of fused-ring (bicyclic) bond motifs is 1. The molecule has 1 atom stereocenters. The Bertz CT molecular complexity index is 589. The lowest BCUT2D eigenvalue weighted by atomic mass is 10.1. The van der Waals surface area contributed by atoms with Crippen LogP contribution in [0.5, 0.6) is 5.75 Å². The first-order chi connectivity index (χ1) is 8.67. The Morgan fingerprint density at radius 2 is 2.39 bits per heavy atom. The molecule has 0 bridgehead atoms. The fourth-order valence-corrected chi connectivity index (χ4v) is 1.66. The van der Waals surface area contributed by atoms with Crippen molar-refractivity contribution in [3.05, 3.63) is 24.1 Å². The van der Waals surface area contributed by atoms with Crippen LogP contribution in [0.25, 0.3) is 11.1 Å². The van der Waals surface area contributed by atoms with Crippen molar-refractivity contribution in [3.63, 3.8) is 0 Å². The van der Waals surface area contributed by atoms with Crippen LogP contribution in [-0.4, -0.2) is 29.5 Å². The fourth-order valence-electron chi connectivity index (χ4n) is 1.66. The summed E-state index contributed by atoms with van der Waals surface area (Å²) < 4.78 is 10.5. The molecule has 6 heteroatoms. The predicted octanol–water partition coefficient (Wildman–Crippen LogP) is 1.59. The van der Waals surface area contributed by atoms with Crippen molar-refractivity contribution in [2.24, 2.45) is 0 Å². The van der Waals surface area contributed by atoms with E-state index in [1.54, 1.807) is 18.2 Å². The number of aromatic nitrogens is 1. The van der Waals surface area contributed by atoms with Gasteiger partial charge in [0.2, 0.25) is 5.89 Å². The van der Waals surface area contributed by atoms with E-state index < -0.39 is 11.9 Å². The molecule has 0 spiro atoms. The third kappa shape index (κ3) is 2.04. The van der Waals surface area contributed by atoms with E-state index in [-0.39, 0.29) is 12.3 Å². The lowest BCUT2D eigenvalue weighted by molar-refractivity contribution is -0.140. The highest BCUT2D eigenvalue weighted by atomic mass is 16.5. The molecule has 0 fully saturated rings. The van der Waals surface area contributed by atoms with Crippen LogP contribution in [-0.2, 0) is 9.59 Å². The third-order valence-electron chi connectivity index (χ3n) is 2.55. The van der Waals surface area contributed by atoms with Crippen molar-refractivity contribution >= 4 is 23.4 Å². The van der Waals surface area contributed by atoms with Crippen molar-refractivity contribution in [1.82, 2.24) is 4.98 Å². The Morgan fingerprint density at radius 1 is 1.61 bits per heavy atom. The Morgan fingerprint density at radius 3 is 3.00 bits per heavy atom. The molecule has 0 radical (unpaired) electrons. The van der Waals surface area contributed by atoms with Crippen LogP contribution < -0.4 is 4.74 Å². The zero-order valence-electron chi connectivity index (χ0n) is 9.62. The van der Waals surface area contributed by atoms with Gasteiger partial charge in [-0.25, -0.2) is 4.98 Å². The van der Waals surface area contributed by atoms with Crippen molar-refractivity contribution in [3.8, 4) is 5.75 Å². The van der Waals surface area contributed by atoms with Crippen molar-refractivity contribution in [1.29, 1.82) is 0 Å². The molecule has 1 aromatic heterocycles. The topological polar surface area (TPSA) is 89.6 Å². The molecule has 18 heavy (non-hydrogen) atoms. The van der Waals surface area contributed by atoms with Gasteiger partial charge in [-0.2, -0.15) is 0 Å². The molecule has 1 heterocycles. The number of benzene rings is 1. The van der Waals surface area contributed by atoms with Crippen LogP contribution in [0.1, 0.15) is 18.2 Å². The lowest BCUT2D eigenvalue weighted by Crippen LogP contribution is -2.12. The summed E-state index contributed by atoms with van der Waals surface area (Å²) in [6.45, 7) is 0. The monoisotopic (exact) mass is 249 g/mol. The number of rotatable bonds is 5. The molecule has 2 rings (SSSR count). The molecule has 1 unspecified atom stereocenters. The number of ether oxygens (including phenoxy) is 1. The van der Waals surface area contributed by atoms with E-state index in [0.717, 1.165) is 0 Å². The summed E-state index contributed by atoms with van der Waals surface area (Å²) >= 11 is 0. The number of hydrogen-bond acceptors (Lipinski definition) is 5. The van der Waals surface area contributed by atoms with E-state index >= 15 is 0 Å². The first-order valence-corrected chi connectivity index (χ1v) is 5.27. The van der Waals surface area contributed by atoms with Gasteiger partial charge in [0.05, 0.1) is 7.11 Å². The minimum Gasteiger partial charge on any atom is -0.494 e. The number of carbonyl (C=O) groups is 2. The van der Waals surface area contributed by atoms with Crippen LogP contribution in [0.3, 0.4) is 0 Å². The number of carboxylic acid groups (broad SMARTS) is 1. The van der Waals surface area contributed by atoms with Crippen LogP contribution >= 0.6 is 0 Å².